The van der Waals surface area contributed by atoms with Crippen LogP contribution in [0, 0.1) is 6.92 Å². The fraction of sp³-hybridized carbons (Fsp3) is 0.0769. The van der Waals surface area contributed by atoms with Gasteiger partial charge in [0.05, 0.1) is 15.7 Å². The number of nitrogens with zero attached hydrogens (tertiary/aromatic N) is 1. The van der Waals surface area contributed by atoms with E-state index in [2.05, 4.69) is 10.3 Å². The van der Waals surface area contributed by atoms with Crippen LogP contribution in [-0.4, -0.2) is 10.9 Å². The van der Waals surface area contributed by atoms with Crippen LogP contribution in [0.1, 0.15) is 16.1 Å². The third-order valence-corrected chi connectivity index (χ3v) is 3.44. The van der Waals surface area contributed by atoms with E-state index in [1.807, 2.05) is 0 Å². The monoisotopic (exact) mass is 348 g/mol. The lowest BCUT2D eigenvalue weighted by atomic mass is 10.2. The first kappa shape index (κ1) is 15.4. The lowest BCUT2D eigenvalue weighted by Gasteiger charge is -2.10. The first-order chi connectivity index (χ1) is 9.36. The number of aromatic nitrogens is 1. The number of carbonyl (C=O) groups excluding carboxylic acids is 1. The van der Waals surface area contributed by atoms with Crippen LogP contribution < -0.4 is 5.32 Å². The van der Waals surface area contributed by atoms with Gasteiger partial charge >= 0.3 is 0 Å². The molecule has 1 N–H and O–H groups in total. The van der Waals surface area contributed by atoms with Crippen molar-refractivity contribution in [3.8, 4) is 0 Å². The third kappa shape index (κ3) is 3.55. The van der Waals surface area contributed by atoms with Crippen LogP contribution in [0.3, 0.4) is 0 Å². The average Bonchev–Trinajstić information content (AvgIpc) is 2.32. The van der Waals surface area contributed by atoms with Crippen LogP contribution in [0.15, 0.2) is 24.3 Å². The van der Waals surface area contributed by atoms with Crippen molar-refractivity contribution in [1.82, 2.24) is 4.98 Å². The molecule has 2 aromatic rings. The third-order valence-electron chi connectivity index (χ3n) is 2.43. The topological polar surface area (TPSA) is 42.0 Å². The van der Waals surface area contributed by atoms with Crippen LogP contribution in [0.2, 0.25) is 20.2 Å². The van der Waals surface area contributed by atoms with Gasteiger partial charge in [0.25, 0.3) is 5.91 Å². The van der Waals surface area contributed by atoms with Crippen molar-refractivity contribution in [3.05, 3.63) is 55.7 Å². The Morgan fingerprint density at radius 2 is 1.65 bits per heavy atom. The summed E-state index contributed by atoms with van der Waals surface area (Å²) < 4.78 is 0. The molecule has 20 heavy (non-hydrogen) atoms. The van der Waals surface area contributed by atoms with Crippen molar-refractivity contribution in [2.75, 3.05) is 5.32 Å². The maximum atomic E-state index is 12.2. The lowest BCUT2D eigenvalue weighted by Crippen LogP contribution is -2.13. The molecule has 0 aliphatic rings. The number of hydrogen-bond acceptors (Lipinski definition) is 2. The SMILES string of the molecule is Cc1cc(C(=O)Nc2c(Cl)cc(Cl)cc2Cl)cc(Cl)n1. The Morgan fingerprint density at radius 1 is 1.05 bits per heavy atom. The normalized spacial score (nSPS) is 10.4. The molecule has 0 saturated heterocycles. The molecule has 2 rings (SSSR count). The Bertz CT molecular complexity index is 645. The number of amides is 1. The predicted molar refractivity (Wildman–Crippen MR) is 83.4 cm³/mol. The Labute approximate surface area is 135 Å². The zero-order chi connectivity index (χ0) is 14.9. The first-order valence-electron chi connectivity index (χ1n) is 5.47. The van der Waals surface area contributed by atoms with E-state index in [-0.39, 0.29) is 21.1 Å². The van der Waals surface area contributed by atoms with Crippen molar-refractivity contribution in [1.29, 1.82) is 0 Å². The number of nitrogens with one attached hydrogen (secondary N) is 1. The molecular formula is C13H8Cl4N2O. The summed E-state index contributed by atoms with van der Waals surface area (Å²) >= 11 is 23.6. The van der Waals surface area contributed by atoms with Gasteiger partial charge in [0.15, 0.2) is 0 Å². The van der Waals surface area contributed by atoms with Crippen molar-refractivity contribution >= 4 is 58.0 Å². The second kappa shape index (κ2) is 6.19. The molecule has 0 bridgehead atoms. The number of aryl methyl sites for hydroxylation is 1. The van der Waals surface area contributed by atoms with Gasteiger partial charge in [-0.2, -0.15) is 0 Å². The Hall–Kier alpha value is -1.000. The molecule has 1 aromatic carbocycles. The standard InChI is InChI=1S/C13H8Cl4N2O/c1-6-2-7(3-11(17)18-6)13(20)19-12-9(15)4-8(14)5-10(12)16/h2-5H,1H3,(H,19,20). The summed E-state index contributed by atoms with van der Waals surface area (Å²) in [6.45, 7) is 1.74. The van der Waals surface area contributed by atoms with Gasteiger partial charge in [-0.05, 0) is 31.2 Å². The number of pyridine rings is 1. The van der Waals surface area contributed by atoms with Crippen LogP contribution in [0.25, 0.3) is 0 Å². The van der Waals surface area contributed by atoms with Crippen molar-refractivity contribution < 1.29 is 4.79 Å². The Kier molecular flexibility index (Phi) is 4.76. The van der Waals surface area contributed by atoms with E-state index in [0.717, 1.165) is 0 Å². The van der Waals surface area contributed by atoms with Gasteiger partial charge < -0.3 is 5.32 Å². The molecule has 1 amide bonds. The van der Waals surface area contributed by atoms with Crippen LogP contribution in [0.4, 0.5) is 5.69 Å². The molecule has 1 aromatic heterocycles. The quantitative estimate of drug-likeness (QED) is 0.751. The number of hydrogen-bond donors (Lipinski definition) is 1. The summed E-state index contributed by atoms with van der Waals surface area (Å²) in [7, 11) is 0. The number of halogens is 4. The molecule has 0 spiro atoms. The molecule has 3 nitrogen and oxygen atoms in total. The van der Waals surface area contributed by atoms with Crippen LogP contribution in [0.5, 0.6) is 0 Å². The zero-order valence-electron chi connectivity index (χ0n) is 10.2. The number of carbonyl (C=O) groups is 1. The van der Waals surface area contributed by atoms with E-state index in [4.69, 9.17) is 46.4 Å². The fourth-order valence-electron chi connectivity index (χ4n) is 1.61. The molecule has 104 valence electrons. The highest BCUT2D eigenvalue weighted by Crippen LogP contribution is 2.34. The minimum Gasteiger partial charge on any atom is -0.319 e. The Morgan fingerprint density at radius 3 is 2.20 bits per heavy atom. The zero-order valence-corrected chi connectivity index (χ0v) is 13.2. The summed E-state index contributed by atoms with van der Waals surface area (Å²) in [5.41, 5.74) is 1.30. The van der Waals surface area contributed by atoms with Crippen molar-refractivity contribution in [2.24, 2.45) is 0 Å². The van der Waals surface area contributed by atoms with E-state index in [1.165, 1.54) is 18.2 Å². The smallest absolute Gasteiger partial charge is 0.255 e. The molecule has 7 heteroatoms. The first-order valence-corrected chi connectivity index (χ1v) is 6.98. The molecular weight excluding hydrogens is 342 g/mol. The summed E-state index contributed by atoms with van der Waals surface area (Å²) in [6, 6.07) is 6.06. The maximum absolute atomic E-state index is 12.2. The van der Waals surface area contributed by atoms with Gasteiger partial charge in [-0.25, -0.2) is 4.98 Å². The van der Waals surface area contributed by atoms with Crippen molar-refractivity contribution in [2.45, 2.75) is 6.92 Å². The summed E-state index contributed by atoms with van der Waals surface area (Å²) in [4.78, 5) is 16.1. The minimum atomic E-state index is -0.386. The highest BCUT2D eigenvalue weighted by atomic mass is 35.5. The van der Waals surface area contributed by atoms with Gasteiger partial charge in [0.1, 0.15) is 5.15 Å². The fourth-order valence-corrected chi connectivity index (χ4v) is 2.77. The van der Waals surface area contributed by atoms with E-state index in [9.17, 15) is 4.79 Å². The minimum absolute atomic E-state index is 0.239. The molecule has 0 saturated carbocycles. The molecule has 0 aliphatic carbocycles. The molecule has 0 fully saturated rings. The number of rotatable bonds is 2. The largest absolute Gasteiger partial charge is 0.319 e. The van der Waals surface area contributed by atoms with E-state index >= 15 is 0 Å². The summed E-state index contributed by atoms with van der Waals surface area (Å²) in [5, 5.41) is 3.77. The lowest BCUT2D eigenvalue weighted by molar-refractivity contribution is 0.102. The summed E-state index contributed by atoms with van der Waals surface area (Å²) in [6.07, 6.45) is 0. The van der Waals surface area contributed by atoms with Crippen LogP contribution >= 0.6 is 46.4 Å². The average molecular weight is 350 g/mol. The van der Waals surface area contributed by atoms with Gasteiger partial charge in [-0.1, -0.05) is 46.4 Å². The second-order valence-electron chi connectivity index (χ2n) is 4.02. The van der Waals surface area contributed by atoms with Gasteiger partial charge in [-0.15, -0.1) is 0 Å². The van der Waals surface area contributed by atoms with E-state index in [1.54, 1.807) is 13.0 Å². The molecule has 0 aliphatic heterocycles. The highest BCUT2D eigenvalue weighted by molar-refractivity contribution is 6.42. The highest BCUT2D eigenvalue weighted by Gasteiger charge is 2.13. The maximum Gasteiger partial charge on any atom is 0.255 e. The molecule has 0 radical (unpaired) electrons. The van der Waals surface area contributed by atoms with Gasteiger partial charge in [-0.3, -0.25) is 4.79 Å². The van der Waals surface area contributed by atoms with Crippen LogP contribution in [-0.2, 0) is 0 Å². The second-order valence-corrected chi connectivity index (χ2v) is 5.66. The van der Waals surface area contributed by atoms with E-state index < -0.39 is 0 Å². The van der Waals surface area contributed by atoms with E-state index in [0.29, 0.717) is 22.0 Å². The number of benzene rings is 1. The number of anilines is 1. The molecule has 0 unspecified atom stereocenters. The summed E-state index contributed by atoms with van der Waals surface area (Å²) in [5.74, 6) is -0.386. The molecule has 0 atom stereocenters. The predicted octanol–water partition coefficient (Wildman–Crippen LogP) is 5.26. The van der Waals surface area contributed by atoms with Gasteiger partial charge in [0.2, 0.25) is 0 Å². The molecule has 1 heterocycles. The van der Waals surface area contributed by atoms with Gasteiger partial charge in [0, 0.05) is 16.3 Å². The van der Waals surface area contributed by atoms with Crippen molar-refractivity contribution in [3.63, 3.8) is 0 Å². The Balaban J connectivity index is 2.32.